The van der Waals surface area contributed by atoms with E-state index in [9.17, 15) is 0 Å². The average Bonchev–Trinajstić information content (AvgIpc) is 3.02. The third kappa shape index (κ3) is 2.91. The highest BCUT2D eigenvalue weighted by molar-refractivity contribution is 7.15. The number of aromatic nitrogens is 2. The van der Waals surface area contributed by atoms with Crippen LogP contribution in [0.5, 0.6) is 0 Å². The SMILES string of the molecule is CCNC1CCC(CC)CC1Cc1cn2ccsc2n1. The van der Waals surface area contributed by atoms with E-state index in [4.69, 9.17) is 4.98 Å². The molecule has 1 fully saturated rings. The van der Waals surface area contributed by atoms with Crippen molar-refractivity contribution in [3.8, 4) is 0 Å². The lowest BCUT2D eigenvalue weighted by molar-refractivity contribution is 0.199. The second kappa shape index (κ2) is 6.27. The molecule has 3 nitrogen and oxygen atoms in total. The minimum absolute atomic E-state index is 0.683. The second-order valence-corrected chi connectivity index (χ2v) is 6.91. The number of nitrogens with one attached hydrogen (secondary N) is 1. The number of thiazole rings is 1. The molecule has 110 valence electrons. The molecule has 2 heterocycles. The zero-order valence-corrected chi connectivity index (χ0v) is 13.3. The Hall–Kier alpha value is -0.870. The summed E-state index contributed by atoms with van der Waals surface area (Å²) in [5.41, 5.74) is 1.27. The van der Waals surface area contributed by atoms with Crippen molar-refractivity contribution in [2.75, 3.05) is 6.54 Å². The first-order valence-corrected chi connectivity index (χ1v) is 8.82. The molecular formula is C16H25N3S. The van der Waals surface area contributed by atoms with Gasteiger partial charge in [0.2, 0.25) is 0 Å². The van der Waals surface area contributed by atoms with Crippen molar-refractivity contribution >= 4 is 16.3 Å². The number of hydrogen-bond acceptors (Lipinski definition) is 3. The first kappa shape index (κ1) is 14.1. The van der Waals surface area contributed by atoms with Crippen molar-refractivity contribution in [1.29, 1.82) is 0 Å². The van der Waals surface area contributed by atoms with Crippen LogP contribution in [0.4, 0.5) is 0 Å². The fourth-order valence-corrected chi connectivity index (χ4v) is 4.35. The minimum Gasteiger partial charge on any atom is -0.314 e. The molecule has 0 aromatic carbocycles. The van der Waals surface area contributed by atoms with E-state index >= 15 is 0 Å². The van der Waals surface area contributed by atoms with E-state index in [1.165, 1.54) is 31.4 Å². The van der Waals surface area contributed by atoms with Crippen molar-refractivity contribution in [2.45, 2.75) is 52.0 Å². The lowest BCUT2D eigenvalue weighted by Gasteiger charge is -2.36. The maximum atomic E-state index is 4.77. The Morgan fingerprint density at radius 3 is 3.05 bits per heavy atom. The van der Waals surface area contributed by atoms with Crippen molar-refractivity contribution in [1.82, 2.24) is 14.7 Å². The molecule has 4 heteroatoms. The van der Waals surface area contributed by atoms with Crippen LogP contribution in [-0.4, -0.2) is 22.0 Å². The number of imidazole rings is 1. The predicted molar refractivity (Wildman–Crippen MR) is 85.4 cm³/mol. The molecule has 1 aliphatic rings. The molecule has 3 atom stereocenters. The summed E-state index contributed by atoms with van der Waals surface area (Å²) in [5.74, 6) is 1.66. The Labute approximate surface area is 125 Å². The van der Waals surface area contributed by atoms with E-state index in [-0.39, 0.29) is 0 Å². The van der Waals surface area contributed by atoms with Gasteiger partial charge in [-0.15, -0.1) is 11.3 Å². The van der Waals surface area contributed by atoms with Crippen molar-refractivity contribution in [3.63, 3.8) is 0 Å². The van der Waals surface area contributed by atoms with Crippen molar-refractivity contribution < 1.29 is 0 Å². The Morgan fingerprint density at radius 1 is 1.40 bits per heavy atom. The maximum Gasteiger partial charge on any atom is 0.193 e. The third-order valence-electron chi connectivity index (χ3n) is 4.75. The van der Waals surface area contributed by atoms with Gasteiger partial charge in [0, 0.05) is 23.8 Å². The topological polar surface area (TPSA) is 29.3 Å². The van der Waals surface area contributed by atoms with Crippen LogP contribution in [0.2, 0.25) is 0 Å². The van der Waals surface area contributed by atoms with Crippen LogP contribution in [0.15, 0.2) is 17.8 Å². The van der Waals surface area contributed by atoms with Crippen LogP contribution in [0.1, 0.15) is 45.2 Å². The molecule has 3 rings (SSSR count). The van der Waals surface area contributed by atoms with Crippen LogP contribution in [-0.2, 0) is 6.42 Å². The minimum atomic E-state index is 0.683. The van der Waals surface area contributed by atoms with Gasteiger partial charge in [-0.25, -0.2) is 4.98 Å². The van der Waals surface area contributed by atoms with Crippen LogP contribution < -0.4 is 5.32 Å². The van der Waals surface area contributed by atoms with Crippen molar-refractivity contribution in [3.05, 3.63) is 23.5 Å². The van der Waals surface area contributed by atoms with Gasteiger partial charge in [0.25, 0.3) is 0 Å². The average molecular weight is 291 g/mol. The van der Waals surface area contributed by atoms with E-state index in [1.54, 1.807) is 11.3 Å². The summed E-state index contributed by atoms with van der Waals surface area (Å²) in [6.07, 6.45) is 10.9. The van der Waals surface area contributed by atoms with Gasteiger partial charge in [-0.05, 0) is 44.1 Å². The molecule has 0 spiro atoms. The van der Waals surface area contributed by atoms with Crippen molar-refractivity contribution in [2.24, 2.45) is 11.8 Å². The van der Waals surface area contributed by atoms with E-state index in [1.807, 2.05) is 0 Å². The molecule has 1 saturated carbocycles. The van der Waals surface area contributed by atoms with Gasteiger partial charge in [-0.1, -0.05) is 20.3 Å². The Morgan fingerprint density at radius 2 is 2.30 bits per heavy atom. The Balaban J connectivity index is 1.72. The van der Waals surface area contributed by atoms with Gasteiger partial charge >= 0.3 is 0 Å². The standard InChI is InChI=1S/C16H25N3S/c1-3-12-5-6-15(17-4-2)13(9-12)10-14-11-19-7-8-20-16(19)18-14/h7-8,11-13,15,17H,3-6,9-10H2,1-2H3. The Bertz CT molecular complexity index is 516. The second-order valence-electron chi connectivity index (χ2n) is 6.04. The first-order valence-electron chi connectivity index (χ1n) is 7.94. The molecule has 1 N–H and O–H groups in total. The molecule has 0 radical (unpaired) electrons. The number of rotatable bonds is 5. The van der Waals surface area contributed by atoms with Gasteiger partial charge in [-0.2, -0.15) is 0 Å². The van der Waals surface area contributed by atoms with Crippen LogP contribution in [0, 0.1) is 11.8 Å². The van der Waals surface area contributed by atoms with E-state index in [0.29, 0.717) is 6.04 Å². The van der Waals surface area contributed by atoms with Gasteiger partial charge in [-0.3, -0.25) is 4.40 Å². The zero-order valence-electron chi connectivity index (χ0n) is 12.5. The summed E-state index contributed by atoms with van der Waals surface area (Å²) in [4.78, 5) is 5.89. The van der Waals surface area contributed by atoms with Crippen LogP contribution in [0.25, 0.3) is 4.96 Å². The monoisotopic (exact) mass is 291 g/mol. The van der Waals surface area contributed by atoms with Gasteiger partial charge < -0.3 is 5.32 Å². The number of fused-ring (bicyclic) bond motifs is 1. The zero-order chi connectivity index (χ0) is 13.9. The largest absolute Gasteiger partial charge is 0.314 e. The van der Waals surface area contributed by atoms with Gasteiger partial charge in [0.1, 0.15) is 0 Å². The third-order valence-corrected chi connectivity index (χ3v) is 5.52. The fourth-order valence-electron chi connectivity index (χ4n) is 3.63. The summed E-state index contributed by atoms with van der Waals surface area (Å²) in [6, 6.07) is 0.683. The lowest BCUT2D eigenvalue weighted by Crippen LogP contribution is -2.41. The smallest absolute Gasteiger partial charge is 0.193 e. The summed E-state index contributed by atoms with van der Waals surface area (Å²) in [6.45, 7) is 5.63. The highest BCUT2D eigenvalue weighted by Crippen LogP contribution is 2.33. The van der Waals surface area contributed by atoms with E-state index in [2.05, 4.69) is 41.3 Å². The van der Waals surface area contributed by atoms with E-state index < -0.39 is 0 Å². The molecule has 3 unspecified atom stereocenters. The molecule has 0 bridgehead atoms. The molecular weight excluding hydrogens is 266 g/mol. The predicted octanol–water partition coefficient (Wildman–Crippen LogP) is 3.74. The maximum absolute atomic E-state index is 4.77. The van der Waals surface area contributed by atoms with E-state index in [0.717, 1.165) is 29.8 Å². The summed E-state index contributed by atoms with van der Waals surface area (Å²) < 4.78 is 2.16. The number of hydrogen-bond donors (Lipinski definition) is 1. The summed E-state index contributed by atoms with van der Waals surface area (Å²) in [7, 11) is 0. The fraction of sp³-hybridized carbons (Fsp3) is 0.688. The Kier molecular flexibility index (Phi) is 4.41. The summed E-state index contributed by atoms with van der Waals surface area (Å²) >= 11 is 1.72. The summed E-state index contributed by atoms with van der Waals surface area (Å²) in [5, 5.41) is 5.79. The highest BCUT2D eigenvalue weighted by Gasteiger charge is 2.29. The first-order chi connectivity index (χ1) is 9.80. The quantitative estimate of drug-likeness (QED) is 0.909. The highest BCUT2D eigenvalue weighted by atomic mass is 32.1. The number of nitrogens with zero attached hydrogens (tertiary/aromatic N) is 2. The molecule has 0 aliphatic heterocycles. The van der Waals surface area contributed by atoms with Gasteiger partial charge in [0.05, 0.1) is 5.69 Å². The van der Waals surface area contributed by atoms with Crippen LogP contribution >= 0.6 is 11.3 Å². The molecule has 0 amide bonds. The molecule has 2 aromatic rings. The molecule has 0 saturated heterocycles. The molecule has 2 aromatic heterocycles. The van der Waals surface area contributed by atoms with Crippen LogP contribution in [0.3, 0.4) is 0 Å². The normalized spacial score (nSPS) is 27.2. The lowest BCUT2D eigenvalue weighted by atomic mass is 9.75. The molecule has 20 heavy (non-hydrogen) atoms. The van der Waals surface area contributed by atoms with Gasteiger partial charge in [0.15, 0.2) is 4.96 Å². The molecule has 1 aliphatic carbocycles.